The van der Waals surface area contributed by atoms with Gasteiger partial charge in [0.15, 0.2) is 0 Å². The molecule has 0 spiro atoms. The molecule has 0 saturated heterocycles. The van der Waals surface area contributed by atoms with Crippen molar-refractivity contribution in [3.63, 3.8) is 0 Å². The molecule has 3 rings (SSSR count). The van der Waals surface area contributed by atoms with Crippen LogP contribution in [0.2, 0.25) is 0 Å². The van der Waals surface area contributed by atoms with E-state index in [1.165, 1.54) is 51.4 Å². The van der Waals surface area contributed by atoms with E-state index in [2.05, 4.69) is 40.8 Å². The van der Waals surface area contributed by atoms with Gasteiger partial charge in [-0.2, -0.15) is 11.8 Å². The minimum Gasteiger partial charge on any atom is -0.305 e. The van der Waals surface area contributed by atoms with Gasteiger partial charge >= 0.3 is 0 Å². The highest BCUT2D eigenvalue weighted by Gasteiger charge is 2.32. The third-order valence-electron chi connectivity index (χ3n) is 5.12. The molecule has 2 saturated carbocycles. The number of hydrogen-bond acceptors (Lipinski definition) is 3. The monoisotopic (exact) mass is 309 g/mol. The van der Waals surface area contributed by atoms with Crippen molar-refractivity contribution in [2.24, 2.45) is 5.92 Å². The molecule has 3 heteroatoms. The molecule has 0 radical (unpaired) electrons. The summed E-state index contributed by atoms with van der Waals surface area (Å²) in [5.74, 6) is 0.873. The Bertz CT molecular complexity index is 384. The molecule has 1 heterocycles. The summed E-state index contributed by atoms with van der Waals surface area (Å²) in [6, 6.07) is 5.91. The lowest BCUT2D eigenvalue weighted by atomic mass is 9.90. The van der Waals surface area contributed by atoms with E-state index in [0.29, 0.717) is 6.04 Å². The van der Waals surface area contributed by atoms with Crippen LogP contribution >= 0.6 is 23.1 Å². The molecule has 0 aromatic carbocycles. The second kappa shape index (κ2) is 7.33. The van der Waals surface area contributed by atoms with Crippen molar-refractivity contribution in [3.05, 3.63) is 22.4 Å². The quantitative estimate of drug-likeness (QED) is 0.798. The van der Waals surface area contributed by atoms with E-state index in [4.69, 9.17) is 0 Å². The highest BCUT2D eigenvalue weighted by molar-refractivity contribution is 7.99. The molecule has 2 fully saturated rings. The second-order valence-electron chi connectivity index (χ2n) is 6.37. The third kappa shape index (κ3) is 3.42. The SMILES string of the molecule is CSC1CCCCC1NC(c1cccs1)C1CCCC1. The van der Waals surface area contributed by atoms with Gasteiger partial charge in [-0.25, -0.2) is 0 Å². The fraction of sp³-hybridized carbons (Fsp3) is 0.765. The smallest absolute Gasteiger partial charge is 0.0445 e. The molecule has 1 aromatic rings. The maximum absolute atomic E-state index is 4.09. The molecular weight excluding hydrogens is 282 g/mol. The van der Waals surface area contributed by atoms with Crippen LogP contribution in [-0.2, 0) is 0 Å². The molecule has 20 heavy (non-hydrogen) atoms. The molecule has 1 N–H and O–H groups in total. The van der Waals surface area contributed by atoms with E-state index in [-0.39, 0.29) is 0 Å². The first-order valence-electron chi connectivity index (χ1n) is 8.20. The summed E-state index contributed by atoms with van der Waals surface area (Å²) in [6.45, 7) is 0. The van der Waals surface area contributed by atoms with Crippen molar-refractivity contribution in [2.75, 3.05) is 6.26 Å². The van der Waals surface area contributed by atoms with Crippen molar-refractivity contribution in [1.82, 2.24) is 5.32 Å². The largest absolute Gasteiger partial charge is 0.305 e. The van der Waals surface area contributed by atoms with Gasteiger partial charge in [0.2, 0.25) is 0 Å². The minimum absolute atomic E-state index is 0.621. The zero-order chi connectivity index (χ0) is 13.8. The molecule has 1 aromatic heterocycles. The van der Waals surface area contributed by atoms with Crippen LogP contribution in [0, 0.1) is 5.92 Å². The first-order valence-corrected chi connectivity index (χ1v) is 10.4. The normalized spacial score (nSPS) is 29.6. The van der Waals surface area contributed by atoms with Crippen LogP contribution < -0.4 is 5.32 Å². The molecule has 2 aliphatic carbocycles. The van der Waals surface area contributed by atoms with Crippen molar-refractivity contribution >= 4 is 23.1 Å². The van der Waals surface area contributed by atoms with E-state index in [0.717, 1.165) is 17.2 Å². The Morgan fingerprint density at radius 1 is 1.15 bits per heavy atom. The van der Waals surface area contributed by atoms with Gasteiger partial charge in [-0.05, 0) is 49.3 Å². The molecule has 0 amide bonds. The molecule has 3 unspecified atom stereocenters. The van der Waals surface area contributed by atoms with E-state index >= 15 is 0 Å². The number of hydrogen-bond donors (Lipinski definition) is 1. The predicted molar refractivity (Wildman–Crippen MR) is 91.7 cm³/mol. The summed E-state index contributed by atoms with van der Waals surface area (Å²) in [5.41, 5.74) is 0. The molecular formula is C17H27NS2. The Labute approximate surface area is 131 Å². The van der Waals surface area contributed by atoms with Gasteiger partial charge in [0.05, 0.1) is 0 Å². The summed E-state index contributed by atoms with van der Waals surface area (Å²) in [6.07, 6.45) is 13.6. The average molecular weight is 310 g/mol. The van der Waals surface area contributed by atoms with Gasteiger partial charge in [0.1, 0.15) is 0 Å². The van der Waals surface area contributed by atoms with Gasteiger partial charge in [0, 0.05) is 22.2 Å². The predicted octanol–water partition coefficient (Wildman–Crippen LogP) is 5.24. The summed E-state index contributed by atoms with van der Waals surface area (Å²) >= 11 is 4.02. The first kappa shape index (κ1) is 14.9. The van der Waals surface area contributed by atoms with Gasteiger partial charge in [-0.3, -0.25) is 0 Å². The number of nitrogens with one attached hydrogen (secondary N) is 1. The maximum atomic E-state index is 4.09. The summed E-state index contributed by atoms with van der Waals surface area (Å²) in [7, 11) is 0. The molecule has 112 valence electrons. The lowest BCUT2D eigenvalue weighted by molar-refractivity contribution is 0.291. The second-order valence-corrected chi connectivity index (χ2v) is 8.43. The van der Waals surface area contributed by atoms with Crippen LogP contribution in [0.4, 0.5) is 0 Å². The van der Waals surface area contributed by atoms with Gasteiger partial charge in [-0.15, -0.1) is 11.3 Å². The van der Waals surface area contributed by atoms with E-state index in [9.17, 15) is 0 Å². The van der Waals surface area contributed by atoms with Gasteiger partial charge in [-0.1, -0.05) is 31.7 Å². The lowest BCUT2D eigenvalue weighted by Crippen LogP contribution is -2.43. The van der Waals surface area contributed by atoms with E-state index in [1.807, 2.05) is 11.3 Å². The van der Waals surface area contributed by atoms with E-state index in [1.54, 1.807) is 4.88 Å². The molecule has 1 nitrogen and oxygen atoms in total. The fourth-order valence-corrected chi connectivity index (χ4v) is 5.83. The van der Waals surface area contributed by atoms with Crippen LogP contribution in [0.5, 0.6) is 0 Å². The number of thiophene rings is 1. The van der Waals surface area contributed by atoms with Crippen molar-refractivity contribution < 1.29 is 0 Å². The summed E-state index contributed by atoms with van der Waals surface area (Å²) in [4.78, 5) is 1.57. The zero-order valence-corrected chi connectivity index (χ0v) is 14.1. The molecule has 3 atom stereocenters. The summed E-state index contributed by atoms with van der Waals surface area (Å²) in [5, 5.41) is 7.16. The van der Waals surface area contributed by atoms with Gasteiger partial charge < -0.3 is 5.32 Å². The number of thioether (sulfide) groups is 1. The molecule has 2 aliphatic rings. The topological polar surface area (TPSA) is 12.0 Å². The van der Waals surface area contributed by atoms with Crippen molar-refractivity contribution in [3.8, 4) is 0 Å². The molecule has 0 bridgehead atoms. The van der Waals surface area contributed by atoms with Crippen LogP contribution in [0.25, 0.3) is 0 Å². The minimum atomic E-state index is 0.621. The van der Waals surface area contributed by atoms with E-state index < -0.39 is 0 Å². The average Bonchev–Trinajstić information content (AvgIpc) is 3.18. The fourth-order valence-electron chi connectivity index (χ4n) is 4.01. The molecule has 0 aliphatic heterocycles. The van der Waals surface area contributed by atoms with Crippen molar-refractivity contribution in [1.29, 1.82) is 0 Å². The maximum Gasteiger partial charge on any atom is 0.0445 e. The van der Waals surface area contributed by atoms with Crippen LogP contribution in [0.3, 0.4) is 0 Å². The zero-order valence-electron chi connectivity index (χ0n) is 12.5. The van der Waals surface area contributed by atoms with Gasteiger partial charge in [0.25, 0.3) is 0 Å². The Morgan fingerprint density at radius 2 is 1.90 bits per heavy atom. The Hall–Kier alpha value is 0.01000. The highest BCUT2D eigenvalue weighted by atomic mass is 32.2. The van der Waals surface area contributed by atoms with Crippen molar-refractivity contribution in [2.45, 2.75) is 68.7 Å². The third-order valence-corrected chi connectivity index (χ3v) is 7.25. The number of rotatable bonds is 5. The Morgan fingerprint density at radius 3 is 2.60 bits per heavy atom. The Kier molecular flexibility index (Phi) is 5.47. The van der Waals surface area contributed by atoms with Crippen LogP contribution in [-0.4, -0.2) is 17.5 Å². The highest BCUT2D eigenvalue weighted by Crippen LogP contribution is 2.39. The van der Waals surface area contributed by atoms with Crippen LogP contribution in [0.1, 0.15) is 62.3 Å². The van der Waals surface area contributed by atoms with Crippen LogP contribution in [0.15, 0.2) is 17.5 Å². The first-order chi connectivity index (χ1) is 9.88. The Balaban J connectivity index is 1.72. The lowest BCUT2D eigenvalue weighted by Gasteiger charge is -2.36. The standard InChI is InChI=1S/C17H27NS2/c1-19-15-10-5-4-9-14(15)18-17(13-7-2-3-8-13)16-11-6-12-20-16/h6,11-15,17-18H,2-5,7-10H2,1H3. The summed E-state index contributed by atoms with van der Waals surface area (Å²) < 4.78 is 0.